The van der Waals surface area contributed by atoms with Crippen LogP contribution in [-0.4, -0.2) is 64.7 Å². The number of hydrogen-bond acceptors (Lipinski definition) is 6. The molecular weight excluding hydrogens is 552 g/mol. The summed E-state index contributed by atoms with van der Waals surface area (Å²) in [5, 5.41) is 12.3. The quantitative estimate of drug-likeness (QED) is 0.321. The minimum atomic E-state index is -0.983. The van der Waals surface area contributed by atoms with E-state index in [1.165, 1.54) is 6.07 Å². The summed E-state index contributed by atoms with van der Waals surface area (Å²) in [4.78, 5) is 19.4. The largest absolute Gasteiger partial charge is 0.383 e. The molecule has 4 rings (SSSR count). The third-order valence-corrected chi connectivity index (χ3v) is 9.05. The molecule has 0 aliphatic carbocycles. The van der Waals surface area contributed by atoms with Gasteiger partial charge in [-0.2, -0.15) is 14.3 Å². The molecule has 9 nitrogen and oxygen atoms in total. The van der Waals surface area contributed by atoms with Gasteiger partial charge < -0.3 is 10.1 Å². The Balaban J connectivity index is 1.56. The van der Waals surface area contributed by atoms with Gasteiger partial charge in [0, 0.05) is 25.8 Å². The van der Waals surface area contributed by atoms with E-state index in [4.69, 9.17) is 18.9 Å². The molecule has 41 heavy (non-hydrogen) atoms. The number of nitrogens with zero attached hydrogens (tertiary/aromatic N) is 3. The number of urea groups is 1. The molecule has 2 amide bonds. The molecule has 2 heterocycles. The highest BCUT2D eigenvalue weighted by molar-refractivity contribution is 7.92. The van der Waals surface area contributed by atoms with Gasteiger partial charge in [0.15, 0.2) is 16.4 Å². The zero-order chi connectivity index (χ0) is 29.7. The third kappa shape index (κ3) is 7.63. The summed E-state index contributed by atoms with van der Waals surface area (Å²) in [6.45, 7) is 9.72. The monoisotopic (exact) mass is 590 g/mol. The van der Waals surface area contributed by atoms with E-state index in [1.54, 1.807) is 16.9 Å². The Morgan fingerprint density at radius 2 is 1.90 bits per heavy atom. The number of halogens is 2. The number of carbonyl (C=O) groups excluding carboxylic acids is 1. The number of hydroxylamine groups is 2. The van der Waals surface area contributed by atoms with Crippen LogP contribution in [0.2, 0.25) is 0 Å². The standard InChI is InChI=1S/C29H37F2N5O4S/c1-19-25(18-39-41(6)29(2,3)4)34-36(21-10-8-7-9-11-21)27(19)33-28(37)32-24-17-35(14-15-38-5)40-26(24)20-12-13-22(30)23(31)16-20/h7-13,16,24,26H,14-15,17-18H2,1-6H3,(H-,32,33,34,37)/p+1/t24-,26+,41?/m1/s1. The van der Waals surface area contributed by atoms with E-state index in [0.717, 1.165) is 23.4 Å². The average molecular weight is 591 g/mol. The average Bonchev–Trinajstić information content (AvgIpc) is 3.47. The molecule has 1 saturated heterocycles. The highest BCUT2D eigenvalue weighted by Crippen LogP contribution is 2.31. The normalized spacial score (nSPS) is 18.4. The Kier molecular flexibility index (Phi) is 10.0. The first-order valence-electron chi connectivity index (χ1n) is 13.3. The molecule has 0 bridgehead atoms. The van der Waals surface area contributed by atoms with Crippen molar-refractivity contribution in [3.05, 3.63) is 77.0 Å². The zero-order valence-electron chi connectivity index (χ0n) is 24.2. The first-order chi connectivity index (χ1) is 19.5. The lowest BCUT2D eigenvalue weighted by Crippen LogP contribution is -2.42. The van der Waals surface area contributed by atoms with Crippen molar-refractivity contribution in [2.75, 3.05) is 38.4 Å². The number of methoxy groups -OCH3 is 1. The van der Waals surface area contributed by atoms with Crippen molar-refractivity contribution in [1.82, 2.24) is 20.2 Å². The number of ether oxygens (including phenoxy) is 1. The summed E-state index contributed by atoms with van der Waals surface area (Å²) in [7, 11) is 1.58. The number of aromatic nitrogens is 2. The van der Waals surface area contributed by atoms with Gasteiger partial charge in [0.25, 0.3) is 0 Å². The Morgan fingerprint density at radius 1 is 1.17 bits per heavy atom. The number of benzene rings is 2. The first-order valence-corrected chi connectivity index (χ1v) is 14.9. The molecule has 1 fully saturated rings. The molecule has 3 aromatic rings. The Labute approximate surface area is 242 Å². The second-order valence-electron chi connectivity index (χ2n) is 10.8. The van der Waals surface area contributed by atoms with Crippen molar-refractivity contribution in [2.24, 2.45) is 0 Å². The van der Waals surface area contributed by atoms with Gasteiger partial charge in [-0.15, -0.1) is 0 Å². The van der Waals surface area contributed by atoms with Gasteiger partial charge in [0.05, 0.1) is 24.0 Å². The maximum atomic E-state index is 14.1. The predicted octanol–water partition coefficient (Wildman–Crippen LogP) is 5.06. The van der Waals surface area contributed by atoms with Crippen molar-refractivity contribution < 1.29 is 27.3 Å². The number of anilines is 1. The molecule has 2 N–H and O–H groups in total. The maximum absolute atomic E-state index is 14.1. The van der Waals surface area contributed by atoms with Gasteiger partial charge >= 0.3 is 6.03 Å². The van der Waals surface area contributed by atoms with Crippen LogP contribution in [0.5, 0.6) is 0 Å². The molecule has 2 aromatic carbocycles. The lowest BCUT2D eigenvalue weighted by molar-refractivity contribution is -0.154. The first kappa shape index (κ1) is 30.9. The minimum Gasteiger partial charge on any atom is -0.383 e. The van der Waals surface area contributed by atoms with Crippen molar-refractivity contribution in [3.63, 3.8) is 0 Å². The summed E-state index contributed by atoms with van der Waals surface area (Å²) < 4.78 is 40.6. The Bertz CT molecular complexity index is 1330. The molecule has 1 aliphatic rings. The molecule has 222 valence electrons. The fraction of sp³-hybridized carbons (Fsp3) is 0.448. The smallest absolute Gasteiger partial charge is 0.320 e. The molecule has 1 aromatic heterocycles. The van der Waals surface area contributed by atoms with Crippen LogP contribution in [0.3, 0.4) is 0 Å². The van der Waals surface area contributed by atoms with Crippen molar-refractivity contribution >= 4 is 23.0 Å². The molecule has 0 spiro atoms. The van der Waals surface area contributed by atoms with E-state index in [0.29, 0.717) is 43.4 Å². The zero-order valence-corrected chi connectivity index (χ0v) is 25.1. The summed E-state index contributed by atoms with van der Waals surface area (Å²) in [5.74, 6) is -1.44. The van der Waals surface area contributed by atoms with Crippen molar-refractivity contribution in [1.29, 1.82) is 0 Å². The molecule has 3 atom stereocenters. The maximum Gasteiger partial charge on any atom is 0.320 e. The molecule has 0 saturated carbocycles. The van der Waals surface area contributed by atoms with Crippen LogP contribution in [0, 0.1) is 18.6 Å². The third-order valence-electron chi connectivity index (χ3n) is 6.85. The van der Waals surface area contributed by atoms with Crippen LogP contribution in [0.1, 0.15) is 43.7 Å². The molecule has 12 heteroatoms. The summed E-state index contributed by atoms with van der Waals surface area (Å²) in [6.07, 6.45) is 1.33. The number of amides is 2. The Morgan fingerprint density at radius 3 is 2.56 bits per heavy atom. The Hall–Kier alpha value is -3.03. The SMILES string of the molecule is COCCN1C[C@@H](NC(=O)Nc2c(C)c(CO[S+](C)C(C)(C)C)nn2-c2ccccc2)[C@H](c2ccc(F)c(F)c2)O1. The summed E-state index contributed by atoms with van der Waals surface area (Å²) in [6, 6.07) is 12.0. The fourth-order valence-corrected chi connectivity index (χ4v) is 4.89. The van der Waals surface area contributed by atoms with Crippen LogP contribution >= 0.6 is 0 Å². The van der Waals surface area contributed by atoms with Gasteiger partial charge in [-0.05, 0) is 57.5 Å². The lowest BCUT2D eigenvalue weighted by Gasteiger charge is -2.20. The molecule has 1 unspecified atom stereocenters. The van der Waals surface area contributed by atoms with E-state index < -0.39 is 29.8 Å². The van der Waals surface area contributed by atoms with Crippen LogP contribution in [0.15, 0.2) is 48.5 Å². The van der Waals surface area contributed by atoms with Crippen LogP contribution < -0.4 is 10.6 Å². The van der Waals surface area contributed by atoms with E-state index in [9.17, 15) is 13.6 Å². The van der Waals surface area contributed by atoms with E-state index in [1.807, 2.05) is 37.3 Å². The molecule has 0 radical (unpaired) electrons. The van der Waals surface area contributed by atoms with Gasteiger partial charge in [-0.25, -0.2) is 18.3 Å². The van der Waals surface area contributed by atoms with Gasteiger partial charge in [-0.3, -0.25) is 10.2 Å². The fourth-order valence-electron chi connectivity index (χ4n) is 4.25. The van der Waals surface area contributed by atoms with E-state index >= 15 is 0 Å². The number of carbonyl (C=O) groups is 1. The van der Waals surface area contributed by atoms with E-state index in [2.05, 4.69) is 37.7 Å². The second kappa shape index (κ2) is 13.3. The van der Waals surface area contributed by atoms with E-state index in [-0.39, 0.29) is 15.9 Å². The number of nitrogens with one attached hydrogen (secondary N) is 2. The highest BCUT2D eigenvalue weighted by Gasteiger charge is 2.37. The second-order valence-corrected chi connectivity index (χ2v) is 13.2. The van der Waals surface area contributed by atoms with Crippen molar-refractivity contribution in [3.8, 4) is 5.69 Å². The lowest BCUT2D eigenvalue weighted by atomic mass is 10.0. The topological polar surface area (TPSA) is 89.9 Å². The molecular formula is C29H38F2N5O4S+. The number of para-hydroxylation sites is 1. The highest BCUT2D eigenvalue weighted by atomic mass is 32.2. The number of rotatable bonds is 10. The van der Waals surface area contributed by atoms with Gasteiger partial charge in [-0.1, -0.05) is 24.3 Å². The van der Waals surface area contributed by atoms with Gasteiger partial charge in [0.2, 0.25) is 0 Å². The summed E-state index contributed by atoms with van der Waals surface area (Å²) in [5.41, 5.74) is 2.67. The van der Waals surface area contributed by atoms with Crippen LogP contribution in [-0.2, 0) is 31.5 Å². The predicted molar refractivity (Wildman–Crippen MR) is 156 cm³/mol. The summed E-state index contributed by atoms with van der Waals surface area (Å²) >= 11 is -0.310. The van der Waals surface area contributed by atoms with Gasteiger partial charge in [0.1, 0.15) is 36.0 Å². The van der Waals surface area contributed by atoms with Crippen LogP contribution in [0.4, 0.5) is 19.4 Å². The van der Waals surface area contributed by atoms with Crippen LogP contribution in [0.25, 0.3) is 5.69 Å². The minimum absolute atomic E-state index is 0.0126. The van der Waals surface area contributed by atoms with Crippen molar-refractivity contribution in [2.45, 2.75) is 51.2 Å². The number of hydrogen-bond donors (Lipinski definition) is 2. The molecule has 1 aliphatic heterocycles.